The van der Waals surface area contributed by atoms with Crippen molar-refractivity contribution in [1.29, 1.82) is 0 Å². The Morgan fingerprint density at radius 3 is 2.90 bits per heavy atom. The Kier molecular flexibility index (Phi) is 5.00. The molecule has 0 radical (unpaired) electrons. The quantitative estimate of drug-likeness (QED) is 0.795. The average molecular weight is 365 g/mol. The van der Waals surface area contributed by atoms with Gasteiger partial charge in [-0.1, -0.05) is 0 Å². The van der Waals surface area contributed by atoms with E-state index >= 15 is 0 Å². The van der Waals surface area contributed by atoms with Crippen molar-refractivity contribution in [2.75, 3.05) is 13.2 Å². The lowest BCUT2D eigenvalue weighted by atomic mass is 10.0. The molecule has 0 saturated carbocycles. The van der Waals surface area contributed by atoms with Crippen molar-refractivity contribution in [1.82, 2.24) is 4.98 Å². The van der Waals surface area contributed by atoms with Gasteiger partial charge in [-0.15, -0.1) is 0 Å². The van der Waals surface area contributed by atoms with Crippen LogP contribution in [0.4, 0.5) is 0 Å². The standard InChI is InChI=1S/C12H17BrN2O4S/c1-8(20(14,16)17)4-9-6-18-7-11(9)19-10-2-3-12(13)15-5-10/h2-3,5,8-9,11H,4,6-7H2,1H3,(H2,14,16,17). The summed E-state index contributed by atoms with van der Waals surface area (Å²) >= 11 is 3.25. The third-order valence-corrected chi connectivity index (χ3v) is 5.11. The number of nitrogens with zero attached hydrogens (tertiary/aromatic N) is 1. The number of rotatable bonds is 5. The van der Waals surface area contributed by atoms with E-state index in [-0.39, 0.29) is 12.0 Å². The van der Waals surface area contributed by atoms with E-state index < -0.39 is 15.3 Å². The van der Waals surface area contributed by atoms with Crippen LogP contribution in [-0.2, 0) is 14.8 Å². The lowest BCUT2D eigenvalue weighted by Gasteiger charge is -2.21. The maximum atomic E-state index is 11.3. The summed E-state index contributed by atoms with van der Waals surface area (Å²) in [6, 6.07) is 3.59. The van der Waals surface area contributed by atoms with Crippen molar-refractivity contribution in [2.45, 2.75) is 24.7 Å². The Morgan fingerprint density at radius 2 is 2.30 bits per heavy atom. The van der Waals surface area contributed by atoms with Gasteiger partial charge in [0.2, 0.25) is 10.0 Å². The molecule has 6 nitrogen and oxygen atoms in total. The summed E-state index contributed by atoms with van der Waals surface area (Å²) in [5, 5.41) is 4.54. The summed E-state index contributed by atoms with van der Waals surface area (Å²) in [4.78, 5) is 4.08. The number of aromatic nitrogens is 1. The lowest BCUT2D eigenvalue weighted by molar-refractivity contribution is 0.136. The first-order valence-electron chi connectivity index (χ1n) is 6.24. The summed E-state index contributed by atoms with van der Waals surface area (Å²) in [7, 11) is -3.52. The van der Waals surface area contributed by atoms with Gasteiger partial charge in [0, 0.05) is 5.92 Å². The Hall–Kier alpha value is -0.700. The smallest absolute Gasteiger partial charge is 0.211 e. The normalized spacial score (nSPS) is 24.6. The van der Waals surface area contributed by atoms with Gasteiger partial charge in [0.1, 0.15) is 16.5 Å². The molecule has 1 aromatic rings. The van der Waals surface area contributed by atoms with E-state index in [9.17, 15) is 8.42 Å². The van der Waals surface area contributed by atoms with Crippen LogP contribution in [0.2, 0.25) is 0 Å². The molecule has 112 valence electrons. The second-order valence-corrected chi connectivity index (χ2v) is 7.70. The van der Waals surface area contributed by atoms with E-state index in [1.807, 2.05) is 0 Å². The number of sulfonamides is 1. The molecule has 1 saturated heterocycles. The maximum Gasteiger partial charge on any atom is 0.211 e. The molecule has 3 atom stereocenters. The Morgan fingerprint density at radius 1 is 1.55 bits per heavy atom. The highest BCUT2D eigenvalue weighted by atomic mass is 79.9. The molecule has 1 fully saturated rings. The molecule has 1 aromatic heterocycles. The zero-order valence-electron chi connectivity index (χ0n) is 11.0. The Balaban J connectivity index is 1.99. The largest absolute Gasteiger partial charge is 0.486 e. The molecule has 0 spiro atoms. The number of nitrogens with two attached hydrogens (primary N) is 1. The van der Waals surface area contributed by atoms with Gasteiger partial charge >= 0.3 is 0 Å². The van der Waals surface area contributed by atoms with E-state index in [0.717, 1.165) is 4.60 Å². The van der Waals surface area contributed by atoms with Crippen LogP contribution in [0.15, 0.2) is 22.9 Å². The second-order valence-electron chi connectivity index (χ2n) is 4.91. The fraction of sp³-hybridized carbons (Fsp3) is 0.583. The monoisotopic (exact) mass is 364 g/mol. The first-order chi connectivity index (χ1) is 9.36. The maximum absolute atomic E-state index is 11.3. The van der Waals surface area contributed by atoms with Crippen LogP contribution >= 0.6 is 15.9 Å². The van der Waals surface area contributed by atoms with Crippen LogP contribution in [0.1, 0.15) is 13.3 Å². The van der Waals surface area contributed by atoms with Crippen LogP contribution < -0.4 is 9.88 Å². The fourth-order valence-corrected chi connectivity index (χ4v) is 2.85. The summed E-state index contributed by atoms with van der Waals surface area (Å²) in [5.74, 6) is 0.643. The summed E-state index contributed by atoms with van der Waals surface area (Å²) in [5.41, 5.74) is 0. The lowest BCUT2D eigenvalue weighted by Crippen LogP contribution is -2.33. The molecular formula is C12H17BrN2O4S. The number of hydrogen-bond donors (Lipinski definition) is 1. The third kappa shape index (κ3) is 4.15. The summed E-state index contributed by atoms with van der Waals surface area (Å²) < 4.78 is 34.5. The van der Waals surface area contributed by atoms with Crippen molar-refractivity contribution in [3.63, 3.8) is 0 Å². The molecule has 0 bridgehead atoms. The molecule has 0 aromatic carbocycles. The van der Waals surface area contributed by atoms with E-state index in [0.29, 0.717) is 25.4 Å². The topological polar surface area (TPSA) is 91.5 Å². The highest BCUT2D eigenvalue weighted by Crippen LogP contribution is 2.26. The average Bonchev–Trinajstić information content (AvgIpc) is 2.78. The molecule has 2 heterocycles. The highest BCUT2D eigenvalue weighted by molar-refractivity contribution is 9.10. The molecule has 1 aliphatic rings. The van der Waals surface area contributed by atoms with E-state index in [4.69, 9.17) is 14.6 Å². The van der Waals surface area contributed by atoms with Gasteiger partial charge in [-0.2, -0.15) is 0 Å². The molecular weight excluding hydrogens is 348 g/mol. The van der Waals surface area contributed by atoms with Crippen LogP contribution in [0.3, 0.4) is 0 Å². The van der Waals surface area contributed by atoms with E-state index in [2.05, 4.69) is 20.9 Å². The van der Waals surface area contributed by atoms with Crippen molar-refractivity contribution < 1.29 is 17.9 Å². The molecule has 0 aliphatic carbocycles. The number of ether oxygens (including phenoxy) is 2. The van der Waals surface area contributed by atoms with E-state index in [1.165, 1.54) is 0 Å². The molecule has 2 rings (SSSR count). The molecule has 20 heavy (non-hydrogen) atoms. The zero-order chi connectivity index (χ0) is 14.8. The van der Waals surface area contributed by atoms with Gasteiger partial charge in [0.05, 0.1) is 24.7 Å². The van der Waals surface area contributed by atoms with Crippen molar-refractivity contribution in [3.8, 4) is 5.75 Å². The van der Waals surface area contributed by atoms with Gasteiger partial charge in [0.25, 0.3) is 0 Å². The molecule has 3 unspecified atom stereocenters. The highest BCUT2D eigenvalue weighted by Gasteiger charge is 2.33. The fourth-order valence-electron chi connectivity index (χ4n) is 2.10. The van der Waals surface area contributed by atoms with Crippen LogP contribution in [0.5, 0.6) is 5.75 Å². The first-order valence-corrected chi connectivity index (χ1v) is 8.64. The molecule has 1 aliphatic heterocycles. The first kappa shape index (κ1) is 15.7. The van der Waals surface area contributed by atoms with Gasteiger partial charge < -0.3 is 9.47 Å². The van der Waals surface area contributed by atoms with Crippen LogP contribution in [0, 0.1) is 5.92 Å². The minimum atomic E-state index is -3.52. The predicted octanol–water partition coefficient (Wildman–Crippen LogP) is 1.31. The number of halogens is 1. The Labute approximate surface area is 126 Å². The van der Waals surface area contributed by atoms with Crippen molar-refractivity contribution in [2.24, 2.45) is 11.1 Å². The van der Waals surface area contributed by atoms with Gasteiger partial charge in [0.15, 0.2) is 0 Å². The Bertz CT molecular complexity index is 549. The van der Waals surface area contributed by atoms with Gasteiger partial charge in [-0.3, -0.25) is 0 Å². The SMILES string of the molecule is CC(CC1COCC1Oc1ccc(Br)nc1)S(N)(=O)=O. The van der Waals surface area contributed by atoms with Gasteiger partial charge in [-0.25, -0.2) is 18.5 Å². The van der Waals surface area contributed by atoms with Crippen molar-refractivity contribution in [3.05, 3.63) is 22.9 Å². The molecule has 2 N–H and O–H groups in total. The number of hydrogen-bond acceptors (Lipinski definition) is 5. The summed E-state index contributed by atoms with van der Waals surface area (Å²) in [6.07, 6.45) is 1.86. The van der Waals surface area contributed by atoms with Gasteiger partial charge in [-0.05, 0) is 41.4 Å². The molecule has 0 amide bonds. The number of pyridine rings is 1. The van der Waals surface area contributed by atoms with Crippen LogP contribution in [-0.4, -0.2) is 38.0 Å². The van der Waals surface area contributed by atoms with Crippen molar-refractivity contribution >= 4 is 26.0 Å². The second kappa shape index (κ2) is 6.38. The minimum absolute atomic E-state index is 0.00646. The zero-order valence-corrected chi connectivity index (χ0v) is 13.4. The number of primary sulfonamides is 1. The summed E-state index contributed by atoms with van der Waals surface area (Å²) in [6.45, 7) is 2.53. The van der Waals surface area contributed by atoms with E-state index in [1.54, 1.807) is 25.3 Å². The third-order valence-electron chi connectivity index (χ3n) is 3.32. The predicted molar refractivity (Wildman–Crippen MR) is 77.8 cm³/mol. The molecule has 8 heteroatoms. The van der Waals surface area contributed by atoms with Crippen LogP contribution in [0.25, 0.3) is 0 Å². The minimum Gasteiger partial charge on any atom is -0.486 e.